The van der Waals surface area contributed by atoms with Gasteiger partial charge in [-0.25, -0.2) is 9.97 Å². The largest absolute Gasteiger partial charge is 0.488 e. The normalized spacial score (nSPS) is 22.4. The SMILES string of the molecule is O=C(O)[C@H]1C[C@H](Oc2cccc3cncnc23)C1. The number of benzene rings is 1. The van der Waals surface area contributed by atoms with Crippen molar-refractivity contribution in [2.24, 2.45) is 5.92 Å². The van der Waals surface area contributed by atoms with E-state index in [1.54, 1.807) is 6.20 Å². The molecule has 1 saturated carbocycles. The molecule has 1 aromatic heterocycles. The predicted molar refractivity (Wildman–Crippen MR) is 64.3 cm³/mol. The van der Waals surface area contributed by atoms with Crippen LogP contribution in [0.2, 0.25) is 0 Å². The van der Waals surface area contributed by atoms with Gasteiger partial charge < -0.3 is 9.84 Å². The average molecular weight is 244 g/mol. The first-order valence-corrected chi connectivity index (χ1v) is 5.82. The number of carbonyl (C=O) groups is 1. The molecule has 1 fully saturated rings. The maximum atomic E-state index is 10.7. The quantitative estimate of drug-likeness (QED) is 0.892. The van der Waals surface area contributed by atoms with E-state index in [1.165, 1.54) is 6.33 Å². The summed E-state index contributed by atoms with van der Waals surface area (Å²) in [5.74, 6) is -0.307. The van der Waals surface area contributed by atoms with Gasteiger partial charge in [-0.05, 0) is 18.9 Å². The molecule has 2 aromatic rings. The number of aliphatic carboxylic acids is 1. The monoisotopic (exact) mass is 244 g/mol. The molecule has 18 heavy (non-hydrogen) atoms. The van der Waals surface area contributed by atoms with Crippen LogP contribution >= 0.6 is 0 Å². The van der Waals surface area contributed by atoms with E-state index in [1.807, 2.05) is 18.2 Å². The Morgan fingerprint density at radius 2 is 2.22 bits per heavy atom. The van der Waals surface area contributed by atoms with E-state index < -0.39 is 5.97 Å². The van der Waals surface area contributed by atoms with Crippen molar-refractivity contribution in [1.29, 1.82) is 0 Å². The van der Waals surface area contributed by atoms with Crippen LogP contribution in [0, 0.1) is 5.92 Å². The Morgan fingerprint density at radius 3 is 3.00 bits per heavy atom. The van der Waals surface area contributed by atoms with Gasteiger partial charge in [0.05, 0.1) is 5.92 Å². The van der Waals surface area contributed by atoms with Crippen LogP contribution in [0.15, 0.2) is 30.7 Å². The van der Waals surface area contributed by atoms with Gasteiger partial charge in [-0.15, -0.1) is 0 Å². The summed E-state index contributed by atoms with van der Waals surface area (Å²) in [7, 11) is 0. The van der Waals surface area contributed by atoms with E-state index in [9.17, 15) is 4.79 Å². The lowest BCUT2D eigenvalue weighted by Gasteiger charge is -2.32. The summed E-state index contributed by atoms with van der Waals surface area (Å²) in [4.78, 5) is 18.9. The van der Waals surface area contributed by atoms with Crippen molar-refractivity contribution in [2.45, 2.75) is 18.9 Å². The highest BCUT2D eigenvalue weighted by Gasteiger charge is 2.36. The number of fused-ring (bicyclic) bond motifs is 1. The molecular formula is C13H12N2O3. The molecule has 1 aromatic carbocycles. The van der Waals surface area contributed by atoms with Gasteiger partial charge in [0.2, 0.25) is 0 Å². The summed E-state index contributed by atoms with van der Waals surface area (Å²) in [5, 5.41) is 9.73. The van der Waals surface area contributed by atoms with Crippen LogP contribution in [0.4, 0.5) is 0 Å². The molecule has 1 aliphatic rings. The highest BCUT2D eigenvalue weighted by molar-refractivity contribution is 5.83. The number of ether oxygens (including phenoxy) is 1. The Balaban J connectivity index is 1.78. The fourth-order valence-electron chi connectivity index (χ4n) is 2.12. The summed E-state index contributed by atoms with van der Waals surface area (Å²) in [6.07, 6.45) is 4.33. The fourth-order valence-corrected chi connectivity index (χ4v) is 2.12. The number of hydrogen-bond acceptors (Lipinski definition) is 4. The molecular weight excluding hydrogens is 232 g/mol. The maximum absolute atomic E-state index is 10.7. The summed E-state index contributed by atoms with van der Waals surface area (Å²) in [5.41, 5.74) is 0.770. The molecule has 92 valence electrons. The molecule has 0 spiro atoms. The molecule has 0 bridgehead atoms. The standard InChI is InChI=1S/C13H12N2O3/c16-13(17)9-4-10(5-9)18-11-3-1-2-8-6-14-7-15-12(8)11/h1-3,6-7,9-10H,4-5H2,(H,16,17)/t9-,10-. The zero-order valence-electron chi connectivity index (χ0n) is 9.61. The lowest BCUT2D eigenvalue weighted by atomic mass is 9.82. The summed E-state index contributed by atoms with van der Waals surface area (Å²) < 4.78 is 5.79. The van der Waals surface area contributed by atoms with E-state index in [2.05, 4.69) is 9.97 Å². The molecule has 0 unspecified atom stereocenters. The lowest BCUT2D eigenvalue weighted by molar-refractivity contribution is -0.147. The zero-order valence-corrected chi connectivity index (χ0v) is 9.61. The summed E-state index contributed by atoms with van der Waals surface area (Å²) in [6.45, 7) is 0. The molecule has 1 N–H and O–H groups in total. The first kappa shape index (κ1) is 11.0. The molecule has 5 heteroatoms. The number of carboxylic acid groups (broad SMARTS) is 1. The van der Waals surface area contributed by atoms with E-state index in [0.29, 0.717) is 18.6 Å². The Morgan fingerprint density at radius 1 is 1.39 bits per heavy atom. The Kier molecular flexibility index (Phi) is 2.59. The Hall–Kier alpha value is -2.17. The summed E-state index contributed by atoms with van der Waals surface area (Å²) in [6, 6.07) is 5.65. The minimum absolute atomic E-state index is 0.0216. The van der Waals surface area contributed by atoms with Gasteiger partial charge in [0.25, 0.3) is 0 Å². The van der Waals surface area contributed by atoms with Crippen molar-refractivity contribution >= 4 is 16.9 Å². The smallest absolute Gasteiger partial charge is 0.306 e. The number of nitrogens with zero attached hydrogens (tertiary/aromatic N) is 2. The maximum Gasteiger partial charge on any atom is 0.306 e. The molecule has 1 aliphatic carbocycles. The van der Waals surface area contributed by atoms with E-state index in [0.717, 1.165) is 10.9 Å². The van der Waals surface area contributed by atoms with Gasteiger partial charge >= 0.3 is 5.97 Å². The topological polar surface area (TPSA) is 72.3 Å². The fraction of sp³-hybridized carbons (Fsp3) is 0.308. The second kappa shape index (κ2) is 4.25. The van der Waals surface area contributed by atoms with E-state index in [-0.39, 0.29) is 12.0 Å². The molecule has 5 nitrogen and oxygen atoms in total. The third kappa shape index (κ3) is 1.88. The van der Waals surface area contributed by atoms with Crippen molar-refractivity contribution in [3.05, 3.63) is 30.7 Å². The second-order valence-electron chi connectivity index (χ2n) is 4.46. The van der Waals surface area contributed by atoms with Crippen LogP contribution in [-0.4, -0.2) is 27.1 Å². The van der Waals surface area contributed by atoms with Crippen molar-refractivity contribution in [3.8, 4) is 5.75 Å². The lowest BCUT2D eigenvalue weighted by Crippen LogP contribution is -2.38. The van der Waals surface area contributed by atoms with E-state index >= 15 is 0 Å². The molecule has 0 radical (unpaired) electrons. The molecule has 1 heterocycles. The highest BCUT2D eigenvalue weighted by Crippen LogP contribution is 2.33. The van der Waals surface area contributed by atoms with Crippen molar-refractivity contribution in [1.82, 2.24) is 9.97 Å². The van der Waals surface area contributed by atoms with Gasteiger partial charge in [0.1, 0.15) is 23.7 Å². The van der Waals surface area contributed by atoms with E-state index in [4.69, 9.17) is 9.84 Å². The van der Waals surface area contributed by atoms with Gasteiger partial charge in [-0.2, -0.15) is 0 Å². The minimum Gasteiger partial charge on any atom is -0.488 e. The number of carboxylic acids is 1. The number of para-hydroxylation sites is 1. The van der Waals surface area contributed by atoms with Crippen LogP contribution in [0.3, 0.4) is 0 Å². The molecule has 3 rings (SSSR count). The first-order valence-electron chi connectivity index (χ1n) is 5.82. The van der Waals surface area contributed by atoms with Crippen LogP contribution in [0.25, 0.3) is 10.9 Å². The van der Waals surface area contributed by atoms with Gasteiger partial charge in [0, 0.05) is 11.6 Å². The number of rotatable bonds is 3. The average Bonchev–Trinajstić information content (AvgIpc) is 2.33. The molecule has 0 amide bonds. The van der Waals surface area contributed by atoms with Gasteiger partial charge in [-0.1, -0.05) is 12.1 Å². The predicted octanol–water partition coefficient (Wildman–Crippen LogP) is 1.87. The molecule has 0 aliphatic heterocycles. The van der Waals surface area contributed by atoms with Crippen molar-refractivity contribution < 1.29 is 14.6 Å². The van der Waals surface area contributed by atoms with Crippen LogP contribution in [0.1, 0.15) is 12.8 Å². The van der Waals surface area contributed by atoms with Gasteiger partial charge in [-0.3, -0.25) is 4.79 Å². The van der Waals surface area contributed by atoms with Gasteiger partial charge in [0.15, 0.2) is 0 Å². The number of hydrogen-bond donors (Lipinski definition) is 1. The van der Waals surface area contributed by atoms with Crippen molar-refractivity contribution in [2.75, 3.05) is 0 Å². The first-order chi connectivity index (χ1) is 8.74. The Labute approximate surface area is 103 Å². The second-order valence-corrected chi connectivity index (χ2v) is 4.46. The summed E-state index contributed by atoms with van der Waals surface area (Å²) >= 11 is 0. The van der Waals surface area contributed by atoms with Crippen LogP contribution in [-0.2, 0) is 4.79 Å². The number of aromatic nitrogens is 2. The van der Waals surface area contributed by atoms with Crippen molar-refractivity contribution in [3.63, 3.8) is 0 Å². The van der Waals surface area contributed by atoms with Crippen LogP contribution < -0.4 is 4.74 Å². The Bertz CT molecular complexity index is 588. The highest BCUT2D eigenvalue weighted by atomic mass is 16.5. The minimum atomic E-state index is -0.741. The third-order valence-corrected chi connectivity index (χ3v) is 3.24. The van der Waals surface area contributed by atoms with Crippen LogP contribution in [0.5, 0.6) is 5.75 Å². The molecule has 0 atom stereocenters. The molecule has 0 saturated heterocycles. The zero-order chi connectivity index (χ0) is 12.5. The third-order valence-electron chi connectivity index (χ3n) is 3.24.